The molecule has 1 aliphatic rings. The van der Waals surface area contributed by atoms with Crippen LogP contribution in [-0.2, 0) is 11.2 Å². The van der Waals surface area contributed by atoms with Crippen molar-refractivity contribution in [3.8, 4) is 11.1 Å². The topological polar surface area (TPSA) is 82.2 Å². The first-order chi connectivity index (χ1) is 13.7. The zero-order valence-corrected chi connectivity index (χ0v) is 15.5. The lowest BCUT2D eigenvalue weighted by Crippen LogP contribution is -2.27. The van der Waals surface area contributed by atoms with Crippen LogP contribution < -0.4 is 5.56 Å². The standard InChI is InChI=1S/C21H19N5O2/c1-2-14-18(13-7-4-3-5-8-13)20-23-22-19-16(26(20)24-14)11-12-25(21(19)28)15-9-6-10-17(15)27/h3-5,7-8,11-12,15H,2,6,9-10H2,1H3. The van der Waals surface area contributed by atoms with Crippen LogP contribution in [0.1, 0.15) is 37.9 Å². The predicted molar refractivity (Wildman–Crippen MR) is 105 cm³/mol. The highest BCUT2D eigenvalue weighted by molar-refractivity contribution is 5.86. The van der Waals surface area contributed by atoms with Crippen molar-refractivity contribution in [2.24, 2.45) is 0 Å². The van der Waals surface area contributed by atoms with Gasteiger partial charge in [-0.2, -0.15) is 5.10 Å². The normalized spacial score (nSPS) is 17.0. The minimum atomic E-state index is -0.391. The van der Waals surface area contributed by atoms with Crippen LogP contribution in [0.3, 0.4) is 0 Å². The number of hydrogen-bond donors (Lipinski definition) is 0. The van der Waals surface area contributed by atoms with Gasteiger partial charge in [0.05, 0.1) is 17.3 Å². The summed E-state index contributed by atoms with van der Waals surface area (Å²) in [5.74, 6) is 0.106. The van der Waals surface area contributed by atoms with Crippen LogP contribution in [0.15, 0.2) is 47.4 Å². The van der Waals surface area contributed by atoms with E-state index in [0.29, 0.717) is 24.0 Å². The molecule has 0 radical (unpaired) electrons. The molecule has 4 aromatic rings. The lowest BCUT2D eigenvalue weighted by molar-refractivity contribution is -0.120. The van der Waals surface area contributed by atoms with Crippen molar-refractivity contribution in [3.05, 3.63) is 58.6 Å². The molecule has 3 aromatic heterocycles. The number of pyridine rings is 1. The Bertz CT molecular complexity index is 1270. The van der Waals surface area contributed by atoms with Crippen LogP contribution in [0, 0.1) is 0 Å². The molecule has 3 heterocycles. The second kappa shape index (κ2) is 6.37. The molecule has 7 nitrogen and oxygen atoms in total. The zero-order chi connectivity index (χ0) is 19.3. The van der Waals surface area contributed by atoms with Crippen LogP contribution in [0.5, 0.6) is 0 Å². The lowest BCUT2D eigenvalue weighted by atomic mass is 10.0. The number of carbonyl (C=O) groups excluding carboxylic acids is 1. The van der Waals surface area contributed by atoms with Gasteiger partial charge in [-0.25, -0.2) is 4.52 Å². The van der Waals surface area contributed by atoms with Crippen molar-refractivity contribution in [3.63, 3.8) is 0 Å². The van der Waals surface area contributed by atoms with Crippen molar-refractivity contribution in [1.82, 2.24) is 24.4 Å². The summed E-state index contributed by atoms with van der Waals surface area (Å²) in [7, 11) is 0. The summed E-state index contributed by atoms with van der Waals surface area (Å²) in [6.45, 7) is 2.04. The molecule has 0 saturated heterocycles. The number of Topliss-reactive ketones (excluding diaryl/α,β-unsaturated/α-hetero) is 1. The van der Waals surface area contributed by atoms with E-state index in [1.807, 2.05) is 43.3 Å². The van der Waals surface area contributed by atoms with Crippen LogP contribution >= 0.6 is 0 Å². The summed E-state index contributed by atoms with van der Waals surface area (Å²) in [5, 5.41) is 13.3. The Morgan fingerprint density at radius 3 is 2.64 bits per heavy atom. The Labute approximate surface area is 160 Å². The molecule has 140 valence electrons. The fraction of sp³-hybridized carbons (Fsp3) is 0.286. The summed E-state index contributed by atoms with van der Waals surface area (Å²) >= 11 is 0. The van der Waals surface area contributed by atoms with Crippen molar-refractivity contribution in [2.45, 2.75) is 38.6 Å². The van der Waals surface area contributed by atoms with E-state index in [0.717, 1.165) is 29.7 Å². The van der Waals surface area contributed by atoms with Gasteiger partial charge >= 0.3 is 0 Å². The largest absolute Gasteiger partial charge is 0.303 e. The summed E-state index contributed by atoms with van der Waals surface area (Å²) in [6, 6.07) is 11.4. The summed E-state index contributed by atoms with van der Waals surface area (Å²) in [5.41, 5.74) is 4.04. The van der Waals surface area contributed by atoms with Crippen LogP contribution in [0.25, 0.3) is 27.8 Å². The van der Waals surface area contributed by atoms with Gasteiger partial charge in [0.25, 0.3) is 5.56 Å². The van der Waals surface area contributed by atoms with Gasteiger partial charge in [-0.3, -0.25) is 9.59 Å². The summed E-state index contributed by atoms with van der Waals surface area (Å²) in [6.07, 6.45) is 4.47. The van der Waals surface area contributed by atoms with Crippen molar-refractivity contribution in [2.75, 3.05) is 0 Å². The number of fused-ring (bicyclic) bond motifs is 3. The highest BCUT2D eigenvalue weighted by Gasteiger charge is 2.28. The van der Waals surface area contributed by atoms with Gasteiger partial charge in [0.15, 0.2) is 16.9 Å². The van der Waals surface area contributed by atoms with Crippen LogP contribution in [0.2, 0.25) is 0 Å². The zero-order valence-electron chi connectivity index (χ0n) is 15.5. The number of carbonyl (C=O) groups is 1. The van der Waals surface area contributed by atoms with Gasteiger partial charge in [0, 0.05) is 12.6 Å². The van der Waals surface area contributed by atoms with Crippen molar-refractivity contribution < 1.29 is 4.79 Å². The Morgan fingerprint density at radius 1 is 1.11 bits per heavy atom. The molecule has 1 aliphatic carbocycles. The highest BCUT2D eigenvalue weighted by atomic mass is 16.1. The fourth-order valence-corrected chi connectivity index (χ4v) is 4.09. The second-order valence-electron chi connectivity index (χ2n) is 7.11. The van der Waals surface area contributed by atoms with E-state index in [4.69, 9.17) is 5.10 Å². The first kappa shape index (κ1) is 16.8. The van der Waals surface area contributed by atoms with E-state index in [-0.39, 0.29) is 16.9 Å². The van der Waals surface area contributed by atoms with Gasteiger partial charge in [0.2, 0.25) is 0 Å². The van der Waals surface area contributed by atoms with Crippen LogP contribution in [-0.4, -0.2) is 30.2 Å². The molecule has 1 fully saturated rings. The fourth-order valence-electron chi connectivity index (χ4n) is 4.09. The molecule has 1 unspecified atom stereocenters. The molecular weight excluding hydrogens is 354 g/mol. The molecule has 5 rings (SSSR count). The maximum atomic E-state index is 13.0. The number of benzene rings is 1. The number of ketones is 1. The van der Waals surface area contributed by atoms with Gasteiger partial charge in [0.1, 0.15) is 5.52 Å². The van der Waals surface area contributed by atoms with Crippen molar-refractivity contribution in [1.29, 1.82) is 0 Å². The quantitative estimate of drug-likeness (QED) is 0.551. The number of hydrogen-bond acceptors (Lipinski definition) is 5. The average molecular weight is 373 g/mol. The van der Waals surface area contributed by atoms with E-state index in [1.54, 1.807) is 10.7 Å². The van der Waals surface area contributed by atoms with Gasteiger partial charge in [-0.1, -0.05) is 37.3 Å². The number of nitrogens with zero attached hydrogens (tertiary/aromatic N) is 5. The lowest BCUT2D eigenvalue weighted by Gasteiger charge is -2.12. The third-order valence-electron chi connectivity index (χ3n) is 5.48. The summed E-state index contributed by atoms with van der Waals surface area (Å²) in [4.78, 5) is 25.1. The molecule has 1 aromatic carbocycles. The first-order valence-corrected chi connectivity index (χ1v) is 9.56. The third kappa shape index (κ3) is 2.39. The summed E-state index contributed by atoms with van der Waals surface area (Å²) < 4.78 is 3.20. The van der Waals surface area contributed by atoms with E-state index < -0.39 is 6.04 Å². The van der Waals surface area contributed by atoms with E-state index in [9.17, 15) is 9.59 Å². The molecule has 7 heteroatoms. The maximum Gasteiger partial charge on any atom is 0.281 e. The molecule has 0 N–H and O–H groups in total. The molecule has 0 bridgehead atoms. The van der Waals surface area contributed by atoms with Crippen molar-refractivity contribution >= 4 is 22.5 Å². The van der Waals surface area contributed by atoms with E-state index >= 15 is 0 Å². The Hall–Kier alpha value is -3.35. The minimum Gasteiger partial charge on any atom is -0.303 e. The van der Waals surface area contributed by atoms with Gasteiger partial charge in [-0.05, 0) is 30.9 Å². The Balaban J connectivity index is 1.77. The number of rotatable bonds is 3. The average Bonchev–Trinajstić information content (AvgIpc) is 3.32. The number of aryl methyl sites for hydroxylation is 1. The van der Waals surface area contributed by atoms with Gasteiger partial charge < -0.3 is 4.57 Å². The monoisotopic (exact) mass is 373 g/mol. The number of aromatic nitrogens is 5. The maximum absolute atomic E-state index is 13.0. The highest BCUT2D eigenvalue weighted by Crippen LogP contribution is 2.29. The Kier molecular flexibility index (Phi) is 3.82. The predicted octanol–water partition coefficient (Wildman–Crippen LogP) is 2.96. The van der Waals surface area contributed by atoms with E-state index in [1.165, 1.54) is 4.57 Å². The third-order valence-corrected chi connectivity index (χ3v) is 5.48. The van der Waals surface area contributed by atoms with Gasteiger partial charge in [-0.15, -0.1) is 10.2 Å². The smallest absolute Gasteiger partial charge is 0.281 e. The second-order valence-corrected chi connectivity index (χ2v) is 7.11. The SMILES string of the molecule is CCc1nn2c(nnc3c(=O)n(C4CCCC4=O)ccc32)c1-c1ccccc1. The minimum absolute atomic E-state index is 0.106. The molecular formula is C21H19N5O2. The van der Waals surface area contributed by atoms with E-state index in [2.05, 4.69) is 10.2 Å². The molecule has 1 atom stereocenters. The molecule has 0 spiro atoms. The first-order valence-electron chi connectivity index (χ1n) is 9.56. The molecule has 0 aliphatic heterocycles. The van der Waals surface area contributed by atoms with Crippen LogP contribution in [0.4, 0.5) is 0 Å². The molecule has 0 amide bonds. The molecule has 28 heavy (non-hydrogen) atoms. The Morgan fingerprint density at radius 2 is 1.93 bits per heavy atom. The molecule has 1 saturated carbocycles.